The van der Waals surface area contributed by atoms with Crippen LogP contribution < -0.4 is 10.6 Å². The standard InChI is InChI=1S/C12H22N2O3S/c1-11(3-4-11)9-14-10(15)12(18(2,16)17)5-7-13-8-6-12/h13H,3-9H2,1-2H3,(H,14,15). The molecule has 2 aliphatic rings. The molecule has 18 heavy (non-hydrogen) atoms. The van der Waals surface area contributed by atoms with Gasteiger partial charge in [0.15, 0.2) is 14.6 Å². The summed E-state index contributed by atoms with van der Waals surface area (Å²) < 4.78 is 22.8. The second-order valence-electron chi connectivity index (χ2n) is 6.01. The summed E-state index contributed by atoms with van der Waals surface area (Å²) in [5, 5.41) is 5.96. The van der Waals surface area contributed by atoms with Crippen LogP contribution in [-0.4, -0.2) is 45.0 Å². The van der Waals surface area contributed by atoms with Crippen LogP contribution >= 0.6 is 0 Å². The number of carbonyl (C=O) groups is 1. The summed E-state index contributed by atoms with van der Waals surface area (Å²) in [5.74, 6) is -0.306. The van der Waals surface area contributed by atoms with Crippen molar-refractivity contribution in [3.05, 3.63) is 0 Å². The Morgan fingerprint density at radius 3 is 2.22 bits per heavy atom. The molecule has 0 aromatic rings. The molecular weight excluding hydrogens is 252 g/mol. The van der Waals surface area contributed by atoms with Crippen LogP contribution in [0.1, 0.15) is 32.6 Å². The van der Waals surface area contributed by atoms with Gasteiger partial charge < -0.3 is 10.6 Å². The quantitative estimate of drug-likeness (QED) is 0.761. The second-order valence-corrected chi connectivity index (χ2v) is 8.34. The lowest BCUT2D eigenvalue weighted by Crippen LogP contribution is -2.57. The Labute approximate surface area is 109 Å². The minimum atomic E-state index is -3.39. The number of carbonyl (C=O) groups excluding carboxylic acids is 1. The number of hydrogen-bond donors (Lipinski definition) is 2. The first kappa shape index (κ1) is 13.8. The van der Waals surface area contributed by atoms with Crippen molar-refractivity contribution in [1.82, 2.24) is 10.6 Å². The van der Waals surface area contributed by atoms with Gasteiger partial charge in [-0.3, -0.25) is 4.79 Å². The number of nitrogens with one attached hydrogen (secondary N) is 2. The summed E-state index contributed by atoms with van der Waals surface area (Å²) >= 11 is 0. The first-order chi connectivity index (χ1) is 8.29. The molecule has 6 heteroatoms. The van der Waals surface area contributed by atoms with E-state index in [-0.39, 0.29) is 11.3 Å². The number of sulfone groups is 1. The van der Waals surface area contributed by atoms with Crippen LogP contribution in [0.5, 0.6) is 0 Å². The molecule has 2 N–H and O–H groups in total. The van der Waals surface area contributed by atoms with E-state index in [9.17, 15) is 13.2 Å². The molecular formula is C12H22N2O3S. The molecule has 1 saturated carbocycles. The van der Waals surface area contributed by atoms with Gasteiger partial charge in [-0.05, 0) is 44.2 Å². The van der Waals surface area contributed by atoms with Crippen molar-refractivity contribution in [2.24, 2.45) is 5.41 Å². The topological polar surface area (TPSA) is 75.3 Å². The van der Waals surface area contributed by atoms with Gasteiger partial charge in [0.25, 0.3) is 0 Å². The maximum atomic E-state index is 12.3. The van der Waals surface area contributed by atoms with Crippen LogP contribution in [0.15, 0.2) is 0 Å². The maximum Gasteiger partial charge on any atom is 0.241 e. The largest absolute Gasteiger partial charge is 0.354 e. The molecule has 2 rings (SSSR count). The van der Waals surface area contributed by atoms with E-state index >= 15 is 0 Å². The second kappa shape index (κ2) is 4.49. The van der Waals surface area contributed by atoms with E-state index in [1.807, 2.05) is 0 Å². The van der Waals surface area contributed by atoms with Crippen molar-refractivity contribution in [2.45, 2.75) is 37.4 Å². The lowest BCUT2D eigenvalue weighted by Gasteiger charge is -2.34. The van der Waals surface area contributed by atoms with Crippen molar-refractivity contribution in [1.29, 1.82) is 0 Å². The number of rotatable bonds is 4. The summed E-state index contributed by atoms with van der Waals surface area (Å²) in [6, 6.07) is 0. The third-order valence-corrected chi connectivity index (χ3v) is 6.33. The average Bonchev–Trinajstić information content (AvgIpc) is 3.04. The van der Waals surface area contributed by atoms with Gasteiger partial charge in [-0.15, -0.1) is 0 Å². The molecule has 1 amide bonds. The minimum Gasteiger partial charge on any atom is -0.354 e. The predicted molar refractivity (Wildman–Crippen MR) is 70.0 cm³/mol. The molecule has 0 spiro atoms. The molecule has 1 saturated heterocycles. The third-order valence-electron chi connectivity index (χ3n) is 4.31. The molecule has 1 heterocycles. The maximum absolute atomic E-state index is 12.3. The molecule has 0 aromatic carbocycles. The number of amides is 1. The van der Waals surface area contributed by atoms with Gasteiger partial charge in [-0.2, -0.15) is 0 Å². The molecule has 1 aliphatic heterocycles. The van der Waals surface area contributed by atoms with Crippen LogP contribution in [0, 0.1) is 5.41 Å². The van der Waals surface area contributed by atoms with E-state index in [0.29, 0.717) is 32.5 Å². The van der Waals surface area contributed by atoms with E-state index in [0.717, 1.165) is 12.8 Å². The molecule has 0 radical (unpaired) electrons. The predicted octanol–water partition coefficient (Wildman–Crippen LogP) is 0.0695. The zero-order chi connectivity index (χ0) is 13.4. The van der Waals surface area contributed by atoms with Crippen molar-refractivity contribution in [2.75, 3.05) is 25.9 Å². The van der Waals surface area contributed by atoms with Gasteiger partial charge >= 0.3 is 0 Å². The van der Waals surface area contributed by atoms with Crippen molar-refractivity contribution < 1.29 is 13.2 Å². The van der Waals surface area contributed by atoms with E-state index in [1.165, 1.54) is 6.26 Å². The lowest BCUT2D eigenvalue weighted by atomic mass is 9.95. The Balaban J connectivity index is 2.10. The van der Waals surface area contributed by atoms with Crippen LogP contribution in [0.25, 0.3) is 0 Å². The van der Waals surface area contributed by atoms with Gasteiger partial charge in [0.1, 0.15) is 0 Å². The summed E-state index contributed by atoms with van der Waals surface area (Å²) in [7, 11) is -3.39. The molecule has 2 fully saturated rings. The Bertz CT molecular complexity index is 434. The monoisotopic (exact) mass is 274 g/mol. The molecule has 0 unspecified atom stereocenters. The highest BCUT2D eigenvalue weighted by Crippen LogP contribution is 2.44. The lowest BCUT2D eigenvalue weighted by molar-refractivity contribution is -0.124. The summed E-state index contributed by atoms with van der Waals surface area (Å²) in [6.07, 6.45) is 4.14. The smallest absolute Gasteiger partial charge is 0.241 e. The molecule has 1 aliphatic carbocycles. The third kappa shape index (κ3) is 2.54. The van der Waals surface area contributed by atoms with E-state index in [2.05, 4.69) is 17.6 Å². The van der Waals surface area contributed by atoms with Crippen molar-refractivity contribution >= 4 is 15.7 Å². The van der Waals surface area contributed by atoms with E-state index in [4.69, 9.17) is 0 Å². The minimum absolute atomic E-state index is 0.196. The summed E-state index contributed by atoms with van der Waals surface area (Å²) in [5.41, 5.74) is 0.196. The Morgan fingerprint density at radius 1 is 1.22 bits per heavy atom. The van der Waals surface area contributed by atoms with Crippen LogP contribution in [-0.2, 0) is 14.6 Å². The van der Waals surface area contributed by atoms with E-state index in [1.54, 1.807) is 0 Å². The van der Waals surface area contributed by atoms with E-state index < -0.39 is 14.6 Å². The summed E-state index contributed by atoms with van der Waals surface area (Å²) in [4.78, 5) is 12.3. The molecule has 0 aromatic heterocycles. The van der Waals surface area contributed by atoms with Gasteiger partial charge in [-0.1, -0.05) is 6.92 Å². The van der Waals surface area contributed by atoms with Gasteiger partial charge in [0.2, 0.25) is 5.91 Å². The molecule has 5 nitrogen and oxygen atoms in total. The average molecular weight is 274 g/mol. The Hall–Kier alpha value is -0.620. The molecule has 104 valence electrons. The fraction of sp³-hybridized carbons (Fsp3) is 0.917. The number of piperidine rings is 1. The SMILES string of the molecule is CC1(CNC(=O)C2(S(C)(=O)=O)CCNCC2)CC1. The first-order valence-corrected chi connectivity index (χ1v) is 8.37. The van der Waals surface area contributed by atoms with Crippen molar-refractivity contribution in [3.63, 3.8) is 0 Å². The normalized spacial score (nSPS) is 25.4. The van der Waals surface area contributed by atoms with Crippen LogP contribution in [0.3, 0.4) is 0 Å². The highest BCUT2D eigenvalue weighted by molar-refractivity contribution is 7.92. The highest BCUT2D eigenvalue weighted by Gasteiger charge is 2.49. The van der Waals surface area contributed by atoms with Gasteiger partial charge in [0.05, 0.1) is 0 Å². The molecule has 0 bridgehead atoms. The summed E-state index contributed by atoms with van der Waals surface area (Å²) in [6.45, 7) is 3.87. The van der Waals surface area contributed by atoms with Crippen LogP contribution in [0.2, 0.25) is 0 Å². The fourth-order valence-corrected chi connectivity index (χ4v) is 3.80. The zero-order valence-corrected chi connectivity index (χ0v) is 11.9. The highest BCUT2D eigenvalue weighted by atomic mass is 32.2. The Kier molecular flexibility index (Phi) is 3.44. The first-order valence-electron chi connectivity index (χ1n) is 6.48. The van der Waals surface area contributed by atoms with Crippen LogP contribution in [0.4, 0.5) is 0 Å². The zero-order valence-electron chi connectivity index (χ0n) is 11.1. The van der Waals surface area contributed by atoms with Gasteiger partial charge in [-0.25, -0.2) is 8.42 Å². The van der Waals surface area contributed by atoms with Crippen molar-refractivity contribution in [3.8, 4) is 0 Å². The fourth-order valence-electron chi connectivity index (χ4n) is 2.44. The molecule has 0 atom stereocenters. The number of hydrogen-bond acceptors (Lipinski definition) is 4. The van der Waals surface area contributed by atoms with Gasteiger partial charge in [0, 0.05) is 12.8 Å². The Morgan fingerprint density at radius 2 is 1.78 bits per heavy atom.